The van der Waals surface area contributed by atoms with Crippen LogP contribution in [0.3, 0.4) is 0 Å². The van der Waals surface area contributed by atoms with E-state index >= 15 is 0 Å². The van der Waals surface area contributed by atoms with Gasteiger partial charge in [0.2, 0.25) is 0 Å². The standard InChI is InChI=1S/C12H14O3/c1-12(7-11(13)15-8-12)9-3-5-10(14-2)6-4-9/h3-6H,7-8H2,1-2H3/t12-/m0/s1. The molecule has 0 spiro atoms. The third-order valence-electron chi connectivity index (χ3n) is 2.87. The van der Waals surface area contributed by atoms with E-state index in [1.165, 1.54) is 0 Å². The van der Waals surface area contributed by atoms with E-state index in [1.54, 1.807) is 7.11 Å². The van der Waals surface area contributed by atoms with Gasteiger partial charge in [0, 0.05) is 5.41 Å². The number of benzene rings is 1. The van der Waals surface area contributed by atoms with Crippen LogP contribution < -0.4 is 4.74 Å². The van der Waals surface area contributed by atoms with Crippen molar-refractivity contribution in [3.63, 3.8) is 0 Å². The van der Waals surface area contributed by atoms with Crippen molar-refractivity contribution in [1.29, 1.82) is 0 Å². The minimum atomic E-state index is -0.177. The molecular weight excluding hydrogens is 192 g/mol. The lowest BCUT2D eigenvalue weighted by atomic mass is 9.82. The second-order valence-electron chi connectivity index (χ2n) is 4.13. The Balaban J connectivity index is 2.25. The molecule has 1 aliphatic heterocycles. The third-order valence-corrected chi connectivity index (χ3v) is 2.87. The van der Waals surface area contributed by atoms with Crippen molar-refractivity contribution in [2.24, 2.45) is 0 Å². The lowest BCUT2D eigenvalue weighted by molar-refractivity contribution is -0.137. The first kappa shape index (κ1) is 10.0. The SMILES string of the molecule is COc1ccc([C@]2(C)COC(=O)C2)cc1. The minimum Gasteiger partial charge on any atom is -0.497 e. The Morgan fingerprint density at radius 1 is 1.33 bits per heavy atom. The van der Waals surface area contributed by atoms with Crippen LogP contribution >= 0.6 is 0 Å². The van der Waals surface area contributed by atoms with Crippen LogP contribution in [0.1, 0.15) is 18.9 Å². The molecular formula is C12H14O3. The van der Waals surface area contributed by atoms with Gasteiger partial charge in [0.05, 0.1) is 13.5 Å². The van der Waals surface area contributed by atoms with Crippen molar-refractivity contribution in [1.82, 2.24) is 0 Å². The number of esters is 1. The second kappa shape index (κ2) is 3.57. The zero-order valence-corrected chi connectivity index (χ0v) is 8.95. The molecule has 0 N–H and O–H groups in total. The highest BCUT2D eigenvalue weighted by molar-refractivity contribution is 5.74. The van der Waals surface area contributed by atoms with E-state index in [0.29, 0.717) is 13.0 Å². The molecule has 1 saturated heterocycles. The van der Waals surface area contributed by atoms with Crippen LogP contribution in [0.4, 0.5) is 0 Å². The summed E-state index contributed by atoms with van der Waals surface area (Å²) in [5.74, 6) is 0.709. The molecule has 0 radical (unpaired) electrons. The van der Waals surface area contributed by atoms with Crippen molar-refractivity contribution < 1.29 is 14.3 Å². The van der Waals surface area contributed by atoms with Crippen molar-refractivity contribution in [3.8, 4) is 5.75 Å². The molecule has 1 heterocycles. The molecule has 0 saturated carbocycles. The van der Waals surface area contributed by atoms with Crippen molar-refractivity contribution in [2.45, 2.75) is 18.8 Å². The van der Waals surface area contributed by atoms with Crippen LogP contribution in [0.25, 0.3) is 0 Å². The van der Waals surface area contributed by atoms with E-state index in [-0.39, 0.29) is 11.4 Å². The Morgan fingerprint density at radius 3 is 2.47 bits per heavy atom. The molecule has 15 heavy (non-hydrogen) atoms. The average molecular weight is 206 g/mol. The Kier molecular flexibility index (Phi) is 2.39. The summed E-state index contributed by atoms with van der Waals surface area (Å²) in [7, 11) is 1.64. The molecule has 1 aliphatic rings. The molecule has 80 valence electrons. The van der Waals surface area contributed by atoms with Gasteiger partial charge < -0.3 is 9.47 Å². The maximum Gasteiger partial charge on any atom is 0.306 e. The number of cyclic esters (lactones) is 1. The van der Waals surface area contributed by atoms with Crippen LogP contribution in [0.5, 0.6) is 5.75 Å². The molecule has 2 rings (SSSR count). The van der Waals surface area contributed by atoms with Gasteiger partial charge in [-0.2, -0.15) is 0 Å². The first-order chi connectivity index (χ1) is 7.14. The first-order valence-corrected chi connectivity index (χ1v) is 4.94. The van der Waals surface area contributed by atoms with E-state index in [9.17, 15) is 4.79 Å². The lowest BCUT2D eigenvalue weighted by Crippen LogP contribution is -2.21. The highest BCUT2D eigenvalue weighted by atomic mass is 16.5. The van der Waals surface area contributed by atoms with Crippen LogP contribution in [-0.4, -0.2) is 19.7 Å². The molecule has 1 aromatic rings. The number of hydrogen-bond acceptors (Lipinski definition) is 3. The molecule has 0 bridgehead atoms. The zero-order chi connectivity index (χ0) is 10.9. The molecule has 3 nitrogen and oxygen atoms in total. The monoisotopic (exact) mass is 206 g/mol. The van der Waals surface area contributed by atoms with Gasteiger partial charge in [0.1, 0.15) is 12.4 Å². The van der Waals surface area contributed by atoms with Gasteiger partial charge in [-0.15, -0.1) is 0 Å². The summed E-state index contributed by atoms with van der Waals surface area (Å²) < 4.78 is 10.1. The number of hydrogen-bond donors (Lipinski definition) is 0. The van der Waals surface area contributed by atoms with E-state index < -0.39 is 0 Å². The van der Waals surface area contributed by atoms with Gasteiger partial charge in [-0.05, 0) is 17.7 Å². The fourth-order valence-corrected chi connectivity index (χ4v) is 1.84. The number of carbonyl (C=O) groups excluding carboxylic acids is 1. The van der Waals surface area contributed by atoms with E-state index in [1.807, 2.05) is 31.2 Å². The topological polar surface area (TPSA) is 35.5 Å². The molecule has 0 aromatic heterocycles. The lowest BCUT2D eigenvalue weighted by Gasteiger charge is -2.20. The Morgan fingerprint density at radius 2 is 2.00 bits per heavy atom. The molecule has 0 unspecified atom stereocenters. The summed E-state index contributed by atoms with van der Waals surface area (Å²) in [6.45, 7) is 2.51. The highest BCUT2D eigenvalue weighted by Crippen LogP contribution is 2.33. The van der Waals surface area contributed by atoms with E-state index in [2.05, 4.69) is 0 Å². The molecule has 0 amide bonds. The largest absolute Gasteiger partial charge is 0.497 e. The predicted molar refractivity (Wildman–Crippen MR) is 55.9 cm³/mol. The van der Waals surface area contributed by atoms with Gasteiger partial charge in [0.15, 0.2) is 0 Å². The summed E-state index contributed by atoms with van der Waals surface area (Å²) >= 11 is 0. The highest BCUT2D eigenvalue weighted by Gasteiger charge is 2.37. The molecule has 1 aromatic carbocycles. The molecule has 1 atom stereocenters. The molecule has 0 aliphatic carbocycles. The number of methoxy groups -OCH3 is 1. The molecule has 1 fully saturated rings. The van der Waals surface area contributed by atoms with E-state index in [0.717, 1.165) is 11.3 Å². The number of carbonyl (C=O) groups is 1. The summed E-state index contributed by atoms with van der Waals surface area (Å²) in [5, 5.41) is 0. The fraction of sp³-hybridized carbons (Fsp3) is 0.417. The van der Waals surface area contributed by atoms with Crippen LogP contribution in [0.15, 0.2) is 24.3 Å². The zero-order valence-electron chi connectivity index (χ0n) is 8.95. The summed E-state index contributed by atoms with van der Waals surface area (Å²) in [6.07, 6.45) is 0.458. The van der Waals surface area contributed by atoms with Crippen molar-refractivity contribution in [3.05, 3.63) is 29.8 Å². The van der Waals surface area contributed by atoms with Gasteiger partial charge >= 0.3 is 5.97 Å². The Bertz CT molecular complexity index is 369. The van der Waals surface area contributed by atoms with Gasteiger partial charge in [-0.1, -0.05) is 19.1 Å². The molecule has 3 heteroatoms. The first-order valence-electron chi connectivity index (χ1n) is 4.94. The van der Waals surface area contributed by atoms with Crippen molar-refractivity contribution in [2.75, 3.05) is 13.7 Å². The van der Waals surface area contributed by atoms with Crippen LogP contribution in [0.2, 0.25) is 0 Å². The summed E-state index contributed by atoms with van der Waals surface area (Å²) in [4.78, 5) is 11.1. The smallest absolute Gasteiger partial charge is 0.306 e. The number of rotatable bonds is 2. The van der Waals surface area contributed by atoms with Gasteiger partial charge in [-0.25, -0.2) is 0 Å². The fourth-order valence-electron chi connectivity index (χ4n) is 1.84. The van der Waals surface area contributed by atoms with Crippen molar-refractivity contribution >= 4 is 5.97 Å². The van der Waals surface area contributed by atoms with E-state index in [4.69, 9.17) is 9.47 Å². The summed E-state index contributed by atoms with van der Waals surface area (Å²) in [5.41, 5.74) is 0.942. The Labute approximate surface area is 89.0 Å². The number of ether oxygens (including phenoxy) is 2. The maximum absolute atomic E-state index is 11.1. The average Bonchev–Trinajstić information content (AvgIpc) is 2.60. The Hall–Kier alpha value is -1.51. The van der Waals surface area contributed by atoms with Gasteiger partial charge in [0.25, 0.3) is 0 Å². The third kappa shape index (κ3) is 1.82. The van der Waals surface area contributed by atoms with Crippen LogP contribution in [-0.2, 0) is 14.9 Å². The quantitative estimate of drug-likeness (QED) is 0.693. The van der Waals surface area contributed by atoms with Crippen LogP contribution in [0, 0.1) is 0 Å². The second-order valence-corrected chi connectivity index (χ2v) is 4.13. The van der Waals surface area contributed by atoms with Gasteiger partial charge in [-0.3, -0.25) is 4.79 Å². The minimum absolute atomic E-state index is 0.117. The predicted octanol–water partition coefficient (Wildman–Crippen LogP) is 1.90. The normalized spacial score (nSPS) is 25.1. The maximum atomic E-state index is 11.1. The summed E-state index contributed by atoms with van der Waals surface area (Å²) in [6, 6.07) is 7.79.